The van der Waals surface area contributed by atoms with Crippen LogP contribution in [0.4, 0.5) is 5.69 Å². The summed E-state index contributed by atoms with van der Waals surface area (Å²) in [5.74, 6) is 0.800. The predicted octanol–water partition coefficient (Wildman–Crippen LogP) is 2.41. The zero-order valence-corrected chi connectivity index (χ0v) is 14.8. The van der Waals surface area contributed by atoms with Crippen molar-refractivity contribution in [3.8, 4) is 0 Å². The molecular weight excluding hydrogens is 336 g/mol. The number of nitrogens with zero attached hydrogens (tertiary/aromatic N) is 3. The first kappa shape index (κ1) is 16.2. The number of benzene rings is 1. The van der Waals surface area contributed by atoms with E-state index < -0.39 is 0 Å². The van der Waals surface area contributed by atoms with Gasteiger partial charge >= 0.3 is 0 Å². The Morgan fingerprint density at radius 2 is 2.20 bits per heavy atom. The molecule has 0 saturated heterocycles. The number of hydrogen-bond donors (Lipinski definition) is 1. The number of para-hydroxylation sites is 1. The third-order valence-electron chi connectivity index (χ3n) is 4.61. The molecule has 0 spiro atoms. The molecule has 1 atom stereocenters. The van der Waals surface area contributed by atoms with Gasteiger partial charge in [0.05, 0.1) is 17.5 Å². The van der Waals surface area contributed by atoms with Crippen LogP contribution in [0.15, 0.2) is 41.6 Å². The molecule has 1 N–H and O–H groups in total. The monoisotopic (exact) mass is 356 g/mol. The Morgan fingerprint density at radius 1 is 1.40 bits per heavy atom. The molecule has 0 radical (unpaired) electrons. The number of nitrogens with one attached hydrogen (secondary N) is 1. The summed E-state index contributed by atoms with van der Waals surface area (Å²) in [6.07, 6.45) is 5.90. The fraction of sp³-hybridized carbons (Fsp3) is 0.389. The quantitative estimate of drug-likeness (QED) is 0.893. The van der Waals surface area contributed by atoms with Gasteiger partial charge in [-0.15, -0.1) is 11.8 Å². The first-order chi connectivity index (χ1) is 12.1. The molecule has 1 aliphatic carbocycles. The number of carbonyl (C=O) groups is 2. The molecule has 4 rings (SSSR count). The molecule has 1 aliphatic heterocycles. The number of imidazole rings is 1. The van der Waals surface area contributed by atoms with Crippen LogP contribution in [0.1, 0.15) is 25.1 Å². The summed E-state index contributed by atoms with van der Waals surface area (Å²) in [6.45, 7) is 0.503. The number of carbonyl (C=O) groups excluding carboxylic acids is 2. The van der Waals surface area contributed by atoms with Crippen LogP contribution in [0, 0.1) is 0 Å². The minimum atomic E-state index is -0.384. The third-order valence-corrected chi connectivity index (χ3v) is 5.88. The van der Waals surface area contributed by atoms with Gasteiger partial charge in [0.1, 0.15) is 5.82 Å². The van der Waals surface area contributed by atoms with E-state index in [2.05, 4.69) is 10.3 Å². The summed E-state index contributed by atoms with van der Waals surface area (Å²) in [7, 11) is 1.93. The highest BCUT2D eigenvalue weighted by molar-refractivity contribution is 8.01. The standard InChI is InChI=1S/C18H20N4O2S/c1-21-9-8-19-16(21)11-22(12-6-7-12)17(23)10-15-18(24)20-13-4-2-3-5-14(13)25-15/h2-5,8-9,12,15H,6-7,10-11H2,1H3,(H,20,24)/t15-/m1/s1. The van der Waals surface area contributed by atoms with Gasteiger partial charge in [-0.3, -0.25) is 9.59 Å². The minimum absolute atomic E-state index is 0.0255. The lowest BCUT2D eigenvalue weighted by Crippen LogP contribution is -2.38. The molecule has 1 aromatic heterocycles. The maximum Gasteiger partial charge on any atom is 0.238 e. The number of hydrogen-bond acceptors (Lipinski definition) is 4. The Bertz CT molecular complexity index is 815. The van der Waals surface area contributed by atoms with E-state index in [1.165, 1.54) is 11.8 Å². The summed E-state index contributed by atoms with van der Waals surface area (Å²) in [5, 5.41) is 2.52. The second kappa shape index (κ2) is 6.55. The molecule has 2 amide bonds. The topological polar surface area (TPSA) is 67.2 Å². The summed E-state index contributed by atoms with van der Waals surface area (Å²) >= 11 is 1.47. The van der Waals surface area contributed by atoms with Crippen LogP contribution in [0.5, 0.6) is 0 Å². The van der Waals surface area contributed by atoms with Gasteiger partial charge in [-0.05, 0) is 25.0 Å². The summed E-state index contributed by atoms with van der Waals surface area (Å²) in [6, 6.07) is 7.99. The molecule has 6 nitrogen and oxygen atoms in total. The molecule has 2 aliphatic rings. The SMILES string of the molecule is Cn1ccnc1CN(C(=O)C[C@H]1Sc2ccccc2NC1=O)C1CC1. The number of fused-ring (bicyclic) bond motifs is 1. The van der Waals surface area contributed by atoms with E-state index in [1.807, 2.05) is 47.0 Å². The first-order valence-electron chi connectivity index (χ1n) is 8.44. The molecule has 1 aromatic carbocycles. The van der Waals surface area contributed by atoms with Crippen LogP contribution in [-0.4, -0.2) is 37.6 Å². The number of thioether (sulfide) groups is 1. The van der Waals surface area contributed by atoms with E-state index >= 15 is 0 Å². The van der Waals surface area contributed by atoms with E-state index in [9.17, 15) is 9.59 Å². The Morgan fingerprint density at radius 3 is 2.92 bits per heavy atom. The van der Waals surface area contributed by atoms with Gasteiger partial charge < -0.3 is 14.8 Å². The van der Waals surface area contributed by atoms with E-state index in [0.717, 1.165) is 29.2 Å². The van der Waals surface area contributed by atoms with Gasteiger partial charge in [-0.1, -0.05) is 12.1 Å². The Balaban J connectivity index is 1.46. The normalized spacial score (nSPS) is 19.2. The van der Waals surface area contributed by atoms with Gasteiger partial charge in [0.25, 0.3) is 0 Å². The lowest BCUT2D eigenvalue weighted by Gasteiger charge is -2.27. The van der Waals surface area contributed by atoms with Crippen molar-refractivity contribution in [3.63, 3.8) is 0 Å². The van der Waals surface area contributed by atoms with E-state index in [-0.39, 0.29) is 29.5 Å². The molecule has 7 heteroatoms. The van der Waals surface area contributed by atoms with Crippen LogP contribution in [0.2, 0.25) is 0 Å². The van der Waals surface area contributed by atoms with Crippen LogP contribution in [0.25, 0.3) is 0 Å². The maximum atomic E-state index is 12.9. The van der Waals surface area contributed by atoms with Crippen molar-refractivity contribution in [2.75, 3.05) is 5.32 Å². The van der Waals surface area contributed by atoms with Gasteiger partial charge in [-0.2, -0.15) is 0 Å². The lowest BCUT2D eigenvalue weighted by atomic mass is 10.2. The molecule has 2 heterocycles. The Kier molecular flexibility index (Phi) is 4.25. The largest absolute Gasteiger partial charge is 0.337 e. The van der Waals surface area contributed by atoms with Gasteiger partial charge in [0, 0.05) is 36.8 Å². The van der Waals surface area contributed by atoms with Crippen LogP contribution in [0.3, 0.4) is 0 Å². The number of amides is 2. The second-order valence-electron chi connectivity index (χ2n) is 6.50. The number of aryl methyl sites for hydroxylation is 1. The molecule has 0 bridgehead atoms. The van der Waals surface area contributed by atoms with Gasteiger partial charge in [-0.25, -0.2) is 4.98 Å². The van der Waals surface area contributed by atoms with Crippen molar-refractivity contribution >= 4 is 29.3 Å². The molecule has 130 valence electrons. The second-order valence-corrected chi connectivity index (χ2v) is 7.75. The molecular formula is C18H20N4O2S. The number of aromatic nitrogens is 2. The van der Waals surface area contributed by atoms with Crippen molar-refractivity contribution in [3.05, 3.63) is 42.5 Å². The van der Waals surface area contributed by atoms with Crippen molar-refractivity contribution in [1.29, 1.82) is 0 Å². The van der Waals surface area contributed by atoms with Crippen molar-refractivity contribution in [2.24, 2.45) is 7.05 Å². The van der Waals surface area contributed by atoms with E-state index in [4.69, 9.17) is 0 Å². The fourth-order valence-electron chi connectivity index (χ4n) is 3.01. The van der Waals surface area contributed by atoms with Crippen molar-refractivity contribution in [2.45, 2.75) is 42.0 Å². The van der Waals surface area contributed by atoms with Gasteiger partial charge in [0.2, 0.25) is 11.8 Å². The Hall–Kier alpha value is -2.28. The molecule has 0 unspecified atom stereocenters. The highest BCUT2D eigenvalue weighted by Gasteiger charge is 2.36. The lowest BCUT2D eigenvalue weighted by molar-refractivity contribution is -0.133. The number of rotatable bonds is 5. The fourth-order valence-corrected chi connectivity index (χ4v) is 4.11. The molecule has 1 saturated carbocycles. The zero-order chi connectivity index (χ0) is 17.4. The molecule has 25 heavy (non-hydrogen) atoms. The van der Waals surface area contributed by atoms with Crippen LogP contribution >= 0.6 is 11.8 Å². The molecule has 1 fully saturated rings. The average Bonchev–Trinajstić information content (AvgIpc) is 3.36. The predicted molar refractivity (Wildman–Crippen MR) is 96.1 cm³/mol. The van der Waals surface area contributed by atoms with Crippen molar-refractivity contribution < 1.29 is 9.59 Å². The zero-order valence-electron chi connectivity index (χ0n) is 14.0. The minimum Gasteiger partial charge on any atom is -0.337 e. The summed E-state index contributed by atoms with van der Waals surface area (Å²) < 4.78 is 1.93. The first-order valence-corrected chi connectivity index (χ1v) is 9.32. The van der Waals surface area contributed by atoms with E-state index in [1.54, 1.807) is 6.20 Å². The van der Waals surface area contributed by atoms with Gasteiger partial charge in [0.15, 0.2) is 0 Å². The smallest absolute Gasteiger partial charge is 0.238 e. The highest BCUT2D eigenvalue weighted by Crippen LogP contribution is 2.37. The summed E-state index contributed by atoms with van der Waals surface area (Å²) in [4.78, 5) is 32.5. The maximum absolute atomic E-state index is 12.9. The number of anilines is 1. The van der Waals surface area contributed by atoms with E-state index in [0.29, 0.717) is 6.54 Å². The highest BCUT2D eigenvalue weighted by atomic mass is 32.2. The van der Waals surface area contributed by atoms with Crippen molar-refractivity contribution in [1.82, 2.24) is 14.5 Å². The average molecular weight is 356 g/mol. The molecule has 2 aromatic rings. The third kappa shape index (κ3) is 3.42. The van der Waals surface area contributed by atoms with Crippen LogP contribution < -0.4 is 5.32 Å². The summed E-state index contributed by atoms with van der Waals surface area (Å²) in [5.41, 5.74) is 0.827. The Labute approximate surface area is 150 Å². The van der Waals surface area contributed by atoms with Crippen LogP contribution in [-0.2, 0) is 23.2 Å².